The second kappa shape index (κ2) is 9.17. The van der Waals surface area contributed by atoms with E-state index in [9.17, 15) is 14.4 Å². The highest BCUT2D eigenvalue weighted by molar-refractivity contribution is 7.99. The van der Waals surface area contributed by atoms with Gasteiger partial charge in [0, 0.05) is 57.9 Å². The van der Waals surface area contributed by atoms with Gasteiger partial charge in [0.2, 0.25) is 5.95 Å². The smallest absolute Gasteiger partial charge is 0.329 e. The first-order valence-electron chi connectivity index (χ1n) is 10.7. The van der Waals surface area contributed by atoms with Gasteiger partial charge in [0.05, 0.1) is 6.26 Å². The van der Waals surface area contributed by atoms with E-state index in [4.69, 9.17) is 4.42 Å². The van der Waals surface area contributed by atoms with Crippen molar-refractivity contribution < 1.29 is 9.21 Å². The molecule has 1 saturated heterocycles. The predicted octanol–water partition coefficient (Wildman–Crippen LogP) is 0.561. The number of H-pyrrole nitrogens is 1. The average Bonchev–Trinajstić information content (AvgIpc) is 3.52. The second-order valence-electron chi connectivity index (χ2n) is 7.69. The maximum absolute atomic E-state index is 12.7. The molecule has 0 aromatic carbocycles. The molecule has 0 aliphatic carbocycles. The van der Waals surface area contributed by atoms with E-state index in [2.05, 4.69) is 19.9 Å². The molecule has 1 amide bonds. The molecule has 1 aliphatic heterocycles. The standard InChI is InChI=1S/C21H22N8O4S/c1-26-16-15(17(30)25-21(26)32)29(11-13-34-19-22-5-3-6-23-19)20(24-16)28-9-7-27(8-10-28)18(31)14-4-2-12-33-14/h2-6,12H,7-11,13H2,1H3,(H,25,30,32). The van der Waals surface area contributed by atoms with Crippen molar-refractivity contribution in [2.75, 3.05) is 36.8 Å². The molecule has 0 atom stereocenters. The van der Waals surface area contributed by atoms with Crippen molar-refractivity contribution in [2.45, 2.75) is 11.7 Å². The Bertz CT molecular complexity index is 1420. The molecule has 5 heterocycles. The third-order valence-corrected chi connectivity index (χ3v) is 6.51. The lowest BCUT2D eigenvalue weighted by Gasteiger charge is -2.35. The van der Waals surface area contributed by atoms with Gasteiger partial charge in [-0.25, -0.2) is 14.8 Å². The molecule has 12 nitrogen and oxygen atoms in total. The van der Waals surface area contributed by atoms with E-state index in [0.717, 1.165) is 0 Å². The van der Waals surface area contributed by atoms with Crippen molar-refractivity contribution in [3.8, 4) is 0 Å². The zero-order valence-electron chi connectivity index (χ0n) is 18.4. The predicted molar refractivity (Wildman–Crippen MR) is 125 cm³/mol. The minimum absolute atomic E-state index is 0.156. The van der Waals surface area contributed by atoms with Crippen LogP contribution in [0, 0.1) is 0 Å². The number of hydrogen-bond donors (Lipinski definition) is 1. The third-order valence-electron chi connectivity index (χ3n) is 5.66. The van der Waals surface area contributed by atoms with Crippen molar-refractivity contribution in [2.24, 2.45) is 7.05 Å². The van der Waals surface area contributed by atoms with E-state index >= 15 is 0 Å². The molecule has 13 heteroatoms. The molecule has 0 unspecified atom stereocenters. The summed E-state index contributed by atoms with van der Waals surface area (Å²) in [6.07, 6.45) is 4.83. The van der Waals surface area contributed by atoms with E-state index < -0.39 is 11.2 Å². The maximum Gasteiger partial charge on any atom is 0.329 e. The summed E-state index contributed by atoms with van der Waals surface area (Å²) in [4.78, 5) is 56.7. The number of hydrogen-bond acceptors (Lipinski definition) is 9. The molecular formula is C21H22N8O4S. The fraction of sp³-hybridized carbons (Fsp3) is 0.333. The van der Waals surface area contributed by atoms with Crippen LogP contribution in [0.4, 0.5) is 5.95 Å². The SMILES string of the molecule is Cn1c(=O)[nH]c(=O)c2c1nc(N1CCN(C(=O)c3ccco3)CC1)n2CCSc1ncccn1. The molecule has 176 valence electrons. The lowest BCUT2D eigenvalue weighted by atomic mass is 10.3. The molecule has 1 N–H and O–H groups in total. The Kier molecular flexibility index (Phi) is 5.92. The van der Waals surface area contributed by atoms with E-state index in [1.54, 1.807) is 42.5 Å². The van der Waals surface area contributed by atoms with Crippen molar-refractivity contribution in [1.82, 2.24) is 34.0 Å². The Labute approximate surface area is 197 Å². The van der Waals surface area contributed by atoms with E-state index in [1.807, 2.05) is 9.47 Å². The normalized spacial score (nSPS) is 14.1. The van der Waals surface area contributed by atoms with Gasteiger partial charge in [-0.1, -0.05) is 11.8 Å². The molecule has 1 aliphatic rings. The summed E-state index contributed by atoms with van der Waals surface area (Å²) in [5, 5.41) is 0.639. The number of aryl methyl sites for hydroxylation is 2. The van der Waals surface area contributed by atoms with E-state index in [1.165, 1.54) is 22.6 Å². The molecule has 0 saturated carbocycles. The number of fused-ring (bicyclic) bond motifs is 1. The highest BCUT2D eigenvalue weighted by atomic mass is 32.2. The molecular weight excluding hydrogens is 460 g/mol. The maximum atomic E-state index is 12.7. The van der Waals surface area contributed by atoms with E-state index in [-0.39, 0.29) is 5.91 Å². The number of thioether (sulfide) groups is 1. The fourth-order valence-electron chi connectivity index (χ4n) is 3.93. The number of carbonyl (C=O) groups is 1. The summed E-state index contributed by atoms with van der Waals surface area (Å²) in [5.74, 6) is 1.34. The number of rotatable bonds is 6. The lowest BCUT2D eigenvalue weighted by Crippen LogP contribution is -2.49. The summed E-state index contributed by atoms with van der Waals surface area (Å²) < 4.78 is 8.39. The van der Waals surface area contributed by atoms with Crippen LogP contribution in [0.5, 0.6) is 0 Å². The van der Waals surface area contributed by atoms with Crippen LogP contribution in [0.15, 0.2) is 56.0 Å². The molecule has 4 aromatic rings. The summed E-state index contributed by atoms with van der Waals surface area (Å²) >= 11 is 1.47. The Balaban J connectivity index is 1.42. The van der Waals surface area contributed by atoms with Crippen molar-refractivity contribution in [3.05, 3.63) is 63.5 Å². The molecule has 5 rings (SSSR count). The summed E-state index contributed by atoms with van der Waals surface area (Å²) in [6, 6.07) is 5.09. The topological polar surface area (TPSA) is 135 Å². The number of furan rings is 1. The zero-order valence-corrected chi connectivity index (χ0v) is 19.2. The number of amides is 1. The van der Waals surface area contributed by atoms with Gasteiger partial charge in [0.15, 0.2) is 22.1 Å². The fourth-order valence-corrected chi connectivity index (χ4v) is 4.66. The number of nitrogens with one attached hydrogen (secondary N) is 1. The first-order chi connectivity index (χ1) is 16.5. The second-order valence-corrected chi connectivity index (χ2v) is 8.75. The largest absolute Gasteiger partial charge is 0.459 e. The number of aromatic nitrogens is 6. The number of carbonyl (C=O) groups excluding carboxylic acids is 1. The lowest BCUT2D eigenvalue weighted by molar-refractivity contribution is 0.0714. The number of aromatic amines is 1. The summed E-state index contributed by atoms with van der Waals surface area (Å²) in [7, 11) is 1.58. The average molecular weight is 483 g/mol. The van der Waals surface area contributed by atoms with Crippen LogP contribution in [-0.2, 0) is 13.6 Å². The van der Waals surface area contributed by atoms with Crippen LogP contribution in [0.1, 0.15) is 10.6 Å². The van der Waals surface area contributed by atoms with Crippen LogP contribution >= 0.6 is 11.8 Å². The van der Waals surface area contributed by atoms with Crippen molar-refractivity contribution in [1.29, 1.82) is 0 Å². The van der Waals surface area contributed by atoms with Gasteiger partial charge in [-0.15, -0.1) is 0 Å². The first kappa shape index (κ1) is 21.9. The van der Waals surface area contributed by atoms with Gasteiger partial charge in [-0.2, -0.15) is 4.98 Å². The highest BCUT2D eigenvalue weighted by Crippen LogP contribution is 2.23. The molecule has 0 radical (unpaired) electrons. The molecule has 34 heavy (non-hydrogen) atoms. The molecule has 0 bridgehead atoms. The summed E-state index contributed by atoms with van der Waals surface area (Å²) in [5.41, 5.74) is -0.348. The number of anilines is 1. The van der Waals surface area contributed by atoms with Crippen LogP contribution in [0.25, 0.3) is 11.2 Å². The van der Waals surface area contributed by atoms with Gasteiger partial charge >= 0.3 is 5.69 Å². The number of piperazine rings is 1. The minimum atomic E-state index is -0.519. The van der Waals surface area contributed by atoms with Gasteiger partial charge in [-0.05, 0) is 18.2 Å². The quantitative estimate of drug-likeness (QED) is 0.309. The molecule has 4 aromatic heterocycles. The minimum Gasteiger partial charge on any atom is -0.459 e. The monoisotopic (exact) mass is 482 g/mol. The van der Waals surface area contributed by atoms with Crippen LogP contribution in [-0.4, -0.2) is 71.8 Å². The van der Waals surface area contributed by atoms with Gasteiger partial charge < -0.3 is 18.8 Å². The first-order valence-corrected chi connectivity index (χ1v) is 11.7. The highest BCUT2D eigenvalue weighted by Gasteiger charge is 2.28. The van der Waals surface area contributed by atoms with Gasteiger partial charge in [0.25, 0.3) is 11.5 Å². The zero-order chi connectivity index (χ0) is 23.7. The third kappa shape index (κ3) is 4.09. The van der Waals surface area contributed by atoms with Crippen LogP contribution < -0.4 is 16.1 Å². The van der Waals surface area contributed by atoms with Crippen LogP contribution in [0.3, 0.4) is 0 Å². The van der Waals surface area contributed by atoms with Crippen LogP contribution in [0.2, 0.25) is 0 Å². The Hall–Kier alpha value is -3.87. The summed E-state index contributed by atoms with van der Waals surface area (Å²) in [6.45, 7) is 2.46. The van der Waals surface area contributed by atoms with Gasteiger partial charge in [-0.3, -0.25) is 19.1 Å². The van der Waals surface area contributed by atoms with E-state index in [0.29, 0.717) is 66.5 Å². The Morgan fingerprint density at radius 3 is 2.62 bits per heavy atom. The van der Waals surface area contributed by atoms with Crippen molar-refractivity contribution in [3.63, 3.8) is 0 Å². The number of nitrogens with zero attached hydrogens (tertiary/aromatic N) is 7. The van der Waals surface area contributed by atoms with Gasteiger partial charge in [0.1, 0.15) is 0 Å². The Morgan fingerprint density at radius 1 is 1.15 bits per heavy atom. The number of imidazole rings is 1. The van der Waals surface area contributed by atoms with Crippen molar-refractivity contribution >= 4 is 34.8 Å². The molecule has 0 spiro atoms. The molecule has 1 fully saturated rings. The Morgan fingerprint density at radius 2 is 1.91 bits per heavy atom.